The van der Waals surface area contributed by atoms with Crippen LogP contribution < -0.4 is 0 Å². The van der Waals surface area contributed by atoms with E-state index in [0.29, 0.717) is 16.7 Å². The van der Waals surface area contributed by atoms with Crippen molar-refractivity contribution in [1.82, 2.24) is 4.98 Å². The molecule has 0 amide bonds. The van der Waals surface area contributed by atoms with Gasteiger partial charge in [0.2, 0.25) is 0 Å². The minimum absolute atomic E-state index is 0.349. The van der Waals surface area contributed by atoms with Gasteiger partial charge >= 0.3 is 0 Å². The summed E-state index contributed by atoms with van der Waals surface area (Å²) in [5.74, 6) is 0.557. The summed E-state index contributed by atoms with van der Waals surface area (Å²) in [5.41, 5.74) is 1.36. The van der Waals surface area contributed by atoms with E-state index in [0.717, 1.165) is 18.4 Å². The van der Waals surface area contributed by atoms with Gasteiger partial charge in [-0.25, -0.2) is 4.98 Å². The fourth-order valence-electron chi connectivity index (χ4n) is 2.24. The minimum atomic E-state index is -0.805. The van der Waals surface area contributed by atoms with Gasteiger partial charge in [-0.05, 0) is 30.5 Å². The molecule has 1 aromatic heterocycles. The molecule has 0 aromatic carbocycles. The Kier molecular flexibility index (Phi) is 4.27. The highest BCUT2D eigenvalue weighted by atomic mass is 32.2. The van der Waals surface area contributed by atoms with Crippen molar-refractivity contribution in [1.29, 1.82) is 5.26 Å². The van der Waals surface area contributed by atoms with Crippen LogP contribution in [0.2, 0.25) is 0 Å². The van der Waals surface area contributed by atoms with E-state index < -0.39 is 10.8 Å². The Morgan fingerprint density at radius 3 is 2.88 bits per heavy atom. The molecule has 4 heteroatoms. The Balaban J connectivity index is 1.99. The zero-order valence-electron chi connectivity index (χ0n) is 9.76. The lowest BCUT2D eigenvalue weighted by Crippen LogP contribution is -2.19. The predicted octanol–water partition coefficient (Wildman–Crippen LogP) is 2.53. The van der Waals surface area contributed by atoms with Crippen LogP contribution >= 0.6 is 0 Å². The van der Waals surface area contributed by atoms with Gasteiger partial charge in [0.05, 0.1) is 0 Å². The zero-order chi connectivity index (χ0) is 12.1. The van der Waals surface area contributed by atoms with Gasteiger partial charge in [-0.3, -0.25) is 4.21 Å². The molecule has 0 bridgehead atoms. The SMILES string of the molecule is N#Cc1cc(CS(=O)C2CCCCC2)ccn1. The topological polar surface area (TPSA) is 53.8 Å². The van der Waals surface area contributed by atoms with E-state index >= 15 is 0 Å². The first kappa shape index (κ1) is 12.3. The second-order valence-corrected chi connectivity index (χ2v) is 6.16. The third-order valence-electron chi connectivity index (χ3n) is 3.17. The molecule has 1 unspecified atom stereocenters. The summed E-state index contributed by atoms with van der Waals surface area (Å²) in [4.78, 5) is 3.92. The van der Waals surface area contributed by atoms with E-state index in [1.807, 2.05) is 12.1 Å². The normalized spacial score (nSPS) is 18.5. The van der Waals surface area contributed by atoms with Crippen LogP contribution in [0.1, 0.15) is 43.4 Å². The Morgan fingerprint density at radius 2 is 2.18 bits per heavy atom. The molecule has 1 saturated carbocycles. The highest BCUT2D eigenvalue weighted by Crippen LogP contribution is 2.23. The van der Waals surface area contributed by atoms with Gasteiger partial charge in [0, 0.05) is 28.0 Å². The Labute approximate surface area is 104 Å². The summed E-state index contributed by atoms with van der Waals surface area (Å²) in [5, 5.41) is 9.11. The maximum absolute atomic E-state index is 12.2. The van der Waals surface area contributed by atoms with Gasteiger partial charge in [-0.1, -0.05) is 19.3 Å². The first-order valence-electron chi connectivity index (χ1n) is 6.02. The summed E-state index contributed by atoms with van der Waals surface area (Å²) in [6.07, 6.45) is 7.48. The first-order valence-corrected chi connectivity index (χ1v) is 7.40. The van der Waals surface area contributed by atoms with Crippen molar-refractivity contribution in [3.05, 3.63) is 29.6 Å². The molecule has 0 saturated heterocycles. The monoisotopic (exact) mass is 248 g/mol. The molecular weight excluding hydrogens is 232 g/mol. The molecule has 1 aliphatic rings. The third-order valence-corrected chi connectivity index (χ3v) is 5.00. The van der Waals surface area contributed by atoms with Crippen molar-refractivity contribution in [3.63, 3.8) is 0 Å². The van der Waals surface area contributed by atoms with E-state index in [-0.39, 0.29) is 0 Å². The van der Waals surface area contributed by atoms with Crippen molar-refractivity contribution < 1.29 is 4.21 Å². The molecule has 1 heterocycles. The molecule has 1 fully saturated rings. The second-order valence-electron chi connectivity index (χ2n) is 4.45. The molecule has 90 valence electrons. The van der Waals surface area contributed by atoms with Gasteiger partial charge in [-0.15, -0.1) is 0 Å². The molecule has 2 rings (SSSR count). The molecule has 3 nitrogen and oxygen atoms in total. The molecule has 1 aliphatic carbocycles. The van der Waals surface area contributed by atoms with Crippen LogP contribution in [-0.2, 0) is 16.6 Å². The highest BCUT2D eigenvalue weighted by Gasteiger charge is 2.19. The van der Waals surface area contributed by atoms with E-state index in [4.69, 9.17) is 5.26 Å². The molecule has 1 atom stereocenters. The highest BCUT2D eigenvalue weighted by molar-refractivity contribution is 7.84. The smallest absolute Gasteiger partial charge is 0.140 e. The molecule has 1 aromatic rings. The lowest BCUT2D eigenvalue weighted by atomic mass is 10.0. The van der Waals surface area contributed by atoms with Crippen LogP contribution in [0, 0.1) is 11.3 Å². The average Bonchev–Trinajstić information content (AvgIpc) is 2.40. The van der Waals surface area contributed by atoms with Gasteiger partial charge in [-0.2, -0.15) is 5.26 Å². The van der Waals surface area contributed by atoms with Gasteiger partial charge in [0.25, 0.3) is 0 Å². The fraction of sp³-hybridized carbons (Fsp3) is 0.538. The first-order chi connectivity index (χ1) is 8.29. The molecular formula is C13H16N2OS. The van der Waals surface area contributed by atoms with Crippen molar-refractivity contribution in [2.45, 2.75) is 43.1 Å². The fourth-order valence-corrected chi connectivity index (χ4v) is 3.84. The molecule has 0 aliphatic heterocycles. The Bertz CT molecular complexity index is 447. The van der Waals surface area contributed by atoms with Gasteiger partial charge < -0.3 is 0 Å². The number of pyridine rings is 1. The maximum atomic E-state index is 12.2. The van der Waals surface area contributed by atoms with Crippen molar-refractivity contribution >= 4 is 10.8 Å². The van der Waals surface area contributed by atoms with E-state index in [9.17, 15) is 4.21 Å². The van der Waals surface area contributed by atoms with E-state index in [1.165, 1.54) is 19.3 Å². The maximum Gasteiger partial charge on any atom is 0.140 e. The summed E-state index contributed by atoms with van der Waals surface area (Å²) in [6.45, 7) is 0. The quantitative estimate of drug-likeness (QED) is 0.826. The molecule has 0 radical (unpaired) electrons. The number of rotatable bonds is 3. The number of hydrogen-bond acceptors (Lipinski definition) is 3. The predicted molar refractivity (Wildman–Crippen MR) is 67.7 cm³/mol. The second kappa shape index (κ2) is 5.92. The van der Waals surface area contributed by atoms with E-state index in [2.05, 4.69) is 4.98 Å². The number of nitrogens with zero attached hydrogens (tertiary/aromatic N) is 2. The number of nitriles is 1. The van der Waals surface area contributed by atoms with Gasteiger partial charge in [0.15, 0.2) is 0 Å². The number of aromatic nitrogens is 1. The number of hydrogen-bond donors (Lipinski definition) is 0. The Morgan fingerprint density at radius 1 is 1.41 bits per heavy atom. The minimum Gasteiger partial charge on any atom is -0.259 e. The lowest BCUT2D eigenvalue weighted by molar-refractivity contribution is 0.504. The van der Waals surface area contributed by atoms with Crippen LogP contribution in [0.3, 0.4) is 0 Å². The van der Waals surface area contributed by atoms with E-state index in [1.54, 1.807) is 12.3 Å². The van der Waals surface area contributed by atoms with Crippen LogP contribution in [-0.4, -0.2) is 14.4 Å². The largest absolute Gasteiger partial charge is 0.259 e. The summed E-state index contributed by atoms with van der Waals surface area (Å²) < 4.78 is 12.2. The lowest BCUT2D eigenvalue weighted by Gasteiger charge is -2.20. The molecule has 0 N–H and O–H groups in total. The van der Waals surface area contributed by atoms with Crippen molar-refractivity contribution in [2.75, 3.05) is 0 Å². The Hall–Kier alpha value is -1.21. The van der Waals surface area contributed by atoms with Gasteiger partial charge in [0.1, 0.15) is 11.8 Å². The zero-order valence-corrected chi connectivity index (χ0v) is 10.6. The van der Waals surface area contributed by atoms with Crippen LogP contribution in [0.4, 0.5) is 0 Å². The van der Waals surface area contributed by atoms with Crippen LogP contribution in [0.5, 0.6) is 0 Å². The van der Waals surface area contributed by atoms with Crippen LogP contribution in [0.15, 0.2) is 18.3 Å². The summed E-state index contributed by atoms with van der Waals surface area (Å²) >= 11 is 0. The van der Waals surface area contributed by atoms with Crippen molar-refractivity contribution in [2.24, 2.45) is 0 Å². The molecule has 17 heavy (non-hydrogen) atoms. The standard InChI is InChI=1S/C13H16N2OS/c14-9-12-8-11(6-7-15-12)10-17(16)13-4-2-1-3-5-13/h6-8,13H,1-5,10H2. The summed E-state index contributed by atoms with van der Waals surface area (Å²) in [6, 6.07) is 5.60. The molecule has 0 spiro atoms. The summed E-state index contributed by atoms with van der Waals surface area (Å²) in [7, 11) is -0.805. The van der Waals surface area contributed by atoms with Crippen molar-refractivity contribution in [3.8, 4) is 6.07 Å². The third kappa shape index (κ3) is 3.37. The van der Waals surface area contributed by atoms with Crippen LogP contribution in [0.25, 0.3) is 0 Å². The average molecular weight is 248 g/mol.